The number of anilines is 1. The van der Waals surface area contributed by atoms with Crippen molar-refractivity contribution in [3.05, 3.63) is 60.2 Å². The summed E-state index contributed by atoms with van der Waals surface area (Å²) in [4.78, 5) is 16.7. The fourth-order valence-corrected chi connectivity index (χ4v) is 2.72. The number of hydrogen-bond donors (Lipinski definition) is 2. The number of amides is 1. The van der Waals surface area contributed by atoms with E-state index in [-0.39, 0.29) is 11.9 Å². The minimum atomic E-state index is -0.0812. The van der Waals surface area contributed by atoms with Crippen LogP contribution >= 0.6 is 0 Å². The number of carbonyl (C=O) groups excluding carboxylic acids is 1. The van der Waals surface area contributed by atoms with E-state index in [0.29, 0.717) is 17.5 Å². The number of pyridine rings is 1. The molecule has 0 saturated carbocycles. The average molecular weight is 363 g/mol. The highest BCUT2D eigenvalue weighted by Crippen LogP contribution is 2.24. The maximum Gasteiger partial charge on any atom is 0.251 e. The van der Waals surface area contributed by atoms with Crippen LogP contribution in [0.5, 0.6) is 11.6 Å². The quantitative estimate of drug-likeness (QED) is 0.648. The van der Waals surface area contributed by atoms with Gasteiger partial charge in [-0.3, -0.25) is 4.79 Å². The van der Waals surface area contributed by atoms with Crippen LogP contribution in [-0.4, -0.2) is 23.0 Å². The Balaban J connectivity index is 1.75. The number of ether oxygens (including phenoxy) is 1. The second-order valence-corrected chi connectivity index (χ2v) is 7.11. The van der Waals surface area contributed by atoms with Crippen LogP contribution in [0.25, 0.3) is 10.9 Å². The third-order valence-corrected chi connectivity index (χ3v) is 3.88. The summed E-state index contributed by atoms with van der Waals surface area (Å²) in [5, 5.41) is 7.14. The first-order chi connectivity index (χ1) is 12.9. The number of nitrogens with zero attached hydrogens (tertiary/aromatic N) is 1. The lowest BCUT2D eigenvalue weighted by Crippen LogP contribution is -2.29. The van der Waals surface area contributed by atoms with Crippen LogP contribution < -0.4 is 15.4 Å². The Morgan fingerprint density at radius 1 is 0.926 bits per heavy atom. The average Bonchev–Trinajstić information content (AvgIpc) is 2.62. The molecule has 27 heavy (non-hydrogen) atoms. The monoisotopic (exact) mass is 363 g/mol. The van der Waals surface area contributed by atoms with Gasteiger partial charge in [-0.1, -0.05) is 0 Å². The summed E-state index contributed by atoms with van der Waals surface area (Å²) >= 11 is 0. The van der Waals surface area contributed by atoms with Gasteiger partial charge in [0.15, 0.2) is 0 Å². The van der Waals surface area contributed by atoms with Gasteiger partial charge in [-0.25, -0.2) is 4.98 Å². The smallest absolute Gasteiger partial charge is 0.251 e. The van der Waals surface area contributed by atoms with E-state index in [2.05, 4.69) is 29.5 Å². The highest BCUT2D eigenvalue weighted by Gasteiger charge is 2.09. The molecule has 0 spiro atoms. The van der Waals surface area contributed by atoms with Crippen molar-refractivity contribution in [1.82, 2.24) is 10.3 Å². The molecule has 5 heteroatoms. The molecular weight excluding hydrogens is 338 g/mol. The number of rotatable bonds is 6. The SMILES string of the molecule is CC(C)NC(=O)c1ccc2nc(Oc3ccc(NC(C)C)cc3)ccc2c1. The van der Waals surface area contributed by atoms with E-state index in [1.165, 1.54) is 0 Å². The number of benzene rings is 2. The lowest BCUT2D eigenvalue weighted by Gasteiger charge is -2.11. The summed E-state index contributed by atoms with van der Waals surface area (Å²) in [6, 6.07) is 17.5. The van der Waals surface area contributed by atoms with Crippen molar-refractivity contribution in [3.63, 3.8) is 0 Å². The minimum absolute atomic E-state index is 0.0812. The molecule has 3 aromatic rings. The van der Waals surface area contributed by atoms with Crippen LogP contribution in [0, 0.1) is 0 Å². The molecule has 0 aliphatic heterocycles. The molecule has 1 amide bonds. The van der Waals surface area contributed by atoms with Gasteiger partial charge in [-0.2, -0.15) is 0 Å². The van der Waals surface area contributed by atoms with Gasteiger partial charge in [0.2, 0.25) is 5.88 Å². The Morgan fingerprint density at radius 2 is 1.67 bits per heavy atom. The van der Waals surface area contributed by atoms with Crippen LogP contribution in [0.4, 0.5) is 5.69 Å². The lowest BCUT2D eigenvalue weighted by molar-refractivity contribution is 0.0943. The molecule has 2 aromatic carbocycles. The van der Waals surface area contributed by atoms with Gasteiger partial charge in [-0.05, 0) is 76.2 Å². The normalized spacial score (nSPS) is 11.0. The number of hydrogen-bond acceptors (Lipinski definition) is 4. The van der Waals surface area contributed by atoms with E-state index in [0.717, 1.165) is 22.3 Å². The summed E-state index contributed by atoms with van der Waals surface area (Å²) in [7, 11) is 0. The molecule has 5 nitrogen and oxygen atoms in total. The van der Waals surface area contributed by atoms with Crippen molar-refractivity contribution in [2.45, 2.75) is 39.8 Å². The molecule has 0 saturated heterocycles. The van der Waals surface area contributed by atoms with Crippen LogP contribution in [0.1, 0.15) is 38.1 Å². The fourth-order valence-electron chi connectivity index (χ4n) is 2.72. The van der Waals surface area contributed by atoms with Crippen molar-refractivity contribution in [2.75, 3.05) is 5.32 Å². The zero-order valence-corrected chi connectivity index (χ0v) is 16.1. The molecule has 140 valence electrons. The van der Waals surface area contributed by atoms with E-state index >= 15 is 0 Å². The van der Waals surface area contributed by atoms with E-state index in [4.69, 9.17) is 4.74 Å². The third-order valence-electron chi connectivity index (χ3n) is 3.88. The van der Waals surface area contributed by atoms with Crippen molar-refractivity contribution in [2.24, 2.45) is 0 Å². The molecule has 1 heterocycles. The van der Waals surface area contributed by atoms with Gasteiger partial charge in [0.05, 0.1) is 5.52 Å². The first kappa shape index (κ1) is 18.7. The zero-order chi connectivity index (χ0) is 19.4. The first-order valence-electron chi connectivity index (χ1n) is 9.17. The second-order valence-electron chi connectivity index (χ2n) is 7.11. The molecule has 0 radical (unpaired) electrons. The summed E-state index contributed by atoms with van der Waals surface area (Å²) in [6.45, 7) is 8.08. The van der Waals surface area contributed by atoms with Gasteiger partial charge in [-0.15, -0.1) is 0 Å². The third kappa shape index (κ3) is 4.97. The van der Waals surface area contributed by atoms with Crippen LogP contribution in [0.3, 0.4) is 0 Å². The molecule has 0 aliphatic carbocycles. The minimum Gasteiger partial charge on any atom is -0.439 e. The van der Waals surface area contributed by atoms with Gasteiger partial charge < -0.3 is 15.4 Å². The van der Waals surface area contributed by atoms with Crippen LogP contribution in [-0.2, 0) is 0 Å². The molecule has 0 fully saturated rings. The molecule has 0 aliphatic rings. The Morgan fingerprint density at radius 3 is 2.33 bits per heavy atom. The summed E-state index contributed by atoms with van der Waals surface area (Å²) < 4.78 is 5.86. The fraction of sp³-hybridized carbons (Fsp3) is 0.273. The van der Waals surface area contributed by atoms with E-state index in [1.54, 1.807) is 6.07 Å². The van der Waals surface area contributed by atoms with Crippen molar-refractivity contribution in [1.29, 1.82) is 0 Å². The summed E-state index contributed by atoms with van der Waals surface area (Å²) in [5.74, 6) is 1.16. The maximum absolute atomic E-state index is 12.1. The molecule has 0 unspecified atom stereocenters. The van der Waals surface area contributed by atoms with Gasteiger partial charge >= 0.3 is 0 Å². The molecule has 1 aromatic heterocycles. The lowest BCUT2D eigenvalue weighted by atomic mass is 10.1. The van der Waals surface area contributed by atoms with E-state index in [1.807, 2.05) is 62.4 Å². The first-order valence-corrected chi connectivity index (χ1v) is 9.17. The van der Waals surface area contributed by atoms with Gasteiger partial charge in [0, 0.05) is 34.8 Å². The largest absolute Gasteiger partial charge is 0.439 e. The molecule has 2 N–H and O–H groups in total. The molecular formula is C22H25N3O2. The number of nitrogens with one attached hydrogen (secondary N) is 2. The Bertz CT molecular complexity index is 934. The van der Waals surface area contributed by atoms with Crippen LogP contribution in [0.15, 0.2) is 54.6 Å². The standard InChI is InChI=1S/C22H25N3O2/c1-14(2)23-18-7-9-19(10-8-18)27-21-12-6-16-13-17(5-11-20(16)25-21)22(26)24-15(3)4/h5-15,23H,1-4H3,(H,24,26). The van der Waals surface area contributed by atoms with Crippen molar-refractivity contribution < 1.29 is 9.53 Å². The highest BCUT2D eigenvalue weighted by molar-refractivity contribution is 5.98. The Hall–Kier alpha value is -3.08. The van der Waals surface area contributed by atoms with E-state index < -0.39 is 0 Å². The highest BCUT2D eigenvalue weighted by atomic mass is 16.5. The van der Waals surface area contributed by atoms with Crippen LogP contribution in [0.2, 0.25) is 0 Å². The van der Waals surface area contributed by atoms with E-state index in [9.17, 15) is 4.79 Å². The predicted octanol–water partition coefficient (Wildman–Crippen LogP) is 4.99. The number of aromatic nitrogens is 1. The topological polar surface area (TPSA) is 63.2 Å². The Kier molecular flexibility index (Phi) is 5.60. The van der Waals surface area contributed by atoms with Crippen molar-refractivity contribution >= 4 is 22.5 Å². The zero-order valence-electron chi connectivity index (χ0n) is 16.1. The second kappa shape index (κ2) is 8.08. The molecule has 0 bridgehead atoms. The van der Waals surface area contributed by atoms with Crippen molar-refractivity contribution in [3.8, 4) is 11.6 Å². The summed E-state index contributed by atoms with van der Waals surface area (Å²) in [5.41, 5.74) is 2.46. The Labute approximate surface area is 159 Å². The van der Waals surface area contributed by atoms with Gasteiger partial charge in [0.1, 0.15) is 5.75 Å². The van der Waals surface area contributed by atoms with Gasteiger partial charge in [0.25, 0.3) is 5.91 Å². The molecule has 0 atom stereocenters. The number of carbonyl (C=O) groups is 1. The summed E-state index contributed by atoms with van der Waals surface area (Å²) in [6.07, 6.45) is 0. The molecule has 3 rings (SSSR count). The number of fused-ring (bicyclic) bond motifs is 1. The maximum atomic E-state index is 12.1. The predicted molar refractivity (Wildman–Crippen MR) is 110 cm³/mol.